The van der Waals surface area contributed by atoms with Gasteiger partial charge in [-0.1, -0.05) is 18.9 Å². The summed E-state index contributed by atoms with van der Waals surface area (Å²) in [5.41, 5.74) is 7.99. The van der Waals surface area contributed by atoms with E-state index in [9.17, 15) is 0 Å². The van der Waals surface area contributed by atoms with E-state index in [2.05, 4.69) is 25.1 Å². The second-order valence-corrected chi connectivity index (χ2v) is 5.42. The summed E-state index contributed by atoms with van der Waals surface area (Å²) in [5.74, 6) is 0. The lowest BCUT2D eigenvalue weighted by Gasteiger charge is -2.09. The van der Waals surface area contributed by atoms with E-state index in [4.69, 9.17) is 5.73 Å². The Morgan fingerprint density at radius 2 is 2.00 bits per heavy atom. The van der Waals surface area contributed by atoms with Crippen molar-refractivity contribution in [1.82, 2.24) is 0 Å². The zero-order valence-electron chi connectivity index (χ0n) is 8.62. The van der Waals surface area contributed by atoms with Crippen LogP contribution in [0.5, 0.6) is 0 Å². The van der Waals surface area contributed by atoms with Gasteiger partial charge in [-0.05, 0) is 37.5 Å². The molecule has 1 nitrogen and oxygen atoms in total. The van der Waals surface area contributed by atoms with Crippen molar-refractivity contribution in [3.05, 3.63) is 23.8 Å². The van der Waals surface area contributed by atoms with Gasteiger partial charge in [0.25, 0.3) is 0 Å². The number of thioether (sulfide) groups is 1. The van der Waals surface area contributed by atoms with Crippen LogP contribution < -0.4 is 5.73 Å². The average molecular weight is 207 g/mol. The van der Waals surface area contributed by atoms with Gasteiger partial charge in [-0.15, -0.1) is 11.8 Å². The molecular formula is C12H17NS. The van der Waals surface area contributed by atoms with Gasteiger partial charge in [0.1, 0.15) is 0 Å². The molecule has 0 unspecified atom stereocenters. The number of hydrogen-bond acceptors (Lipinski definition) is 2. The monoisotopic (exact) mass is 207 g/mol. The van der Waals surface area contributed by atoms with Gasteiger partial charge < -0.3 is 5.73 Å². The molecule has 1 fully saturated rings. The Kier molecular flexibility index (Phi) is 3.02. The van der Waals surface area contributed by atoms with Gasteiger partial charge in [0, 0.05) is 15.8 Å². The van der Waals surface area contributed by atoms with E-state index in [0.29, 0.717) is 0 Å². The quantitative estimate of drug-likeness (QED) is 0.750. The largest absolute Gasteiger partial charge is 0.398 e. The molecule has 0 aromatic heterocycles. The molecular weight excluding hydrogens is 190 g/mol. The van der Waals surface area contributed by atoms with Crippen molar-refractivity contribution in [3.63, 3.8) is 0 Å². The molecule has 0 aliphatic heterocycles. The molecule has 1 saturated carbocycles. The summed E-state index contributed by atoms with van der Waals surface area (Å²) in [7, 11) is 0. The molecule has 2 heteroatoms. The molecule has 76 valence electrons. The van der Waals surface area contributed by atoms with Crippen molar-refractivity contribution in [1.29, 1.82) is 0 Å². The lowest BCUT2D eigenvalue weighted by Crippen LogP contribution is -1.94. The second-order valence-electron chi connectivity index (χ2n) is 4.04. The Balaban J connectivity index is 2.05. The number of benzene rings is 1. The Hall–Kier alpha value is -0.630. The molecule has 0 heterocycles. The van der Waals surface area contributed by atoms with Crippen LogP contribution >= 0.6 is 11.8 Å². The zero-order valence-corrected chi connectivity index (χ0v) is 9.44. The summed E-state index contributed by atoms with van der Waals surface area (Å²) in [4.78, 5) is 1.33. The first-order valence-corrected chi connectivity index (χ1v) is 6.16. The van der Waals surface area contributed by atoms with Gasteiger partial charge in [-0.2, -0.15) is 0 Å². The van der Waals surface area contributed by atoms with E-state index in [1.54, 1.807) is 0 Å². The molecule has 2 rings (SSSR count). The molecule has 0 atom stereocenters. The van der Waals surface area contributed by atoms with Crippen molar-refractivity contribution < 1.29 is 0 Å². The van der Waals surface area contributed by atoms with E-state index in [0.717, 1.165) is 10.9 Å². The van der Waals surface area contributed by atoms with Gasteiger partial charge in [0.05, 0.1) is 0 Å². The molecule has 14 heavy (non-hydrogen) atoms. The average Bonchev–Trinajstić information content (AvgIpc) is 2.64. The van der Waals surface area contributed by atoms with Crippen LogP contribution in [0.3, 0.4) is 0 Å². The van der Waals surface area contributed by atoms with Gasteiger partial charge in [0.15, 0.2) is 0 Å². The van der Waals surface area contributed by atoms with Crippen LogP contribution in [0.4, 0.5) is 5.69 Å². The molecule has 0 saturated heterocycles. The topological polar surface area (TPSA) is 26.0 Å². The molecule has 0 spiro atoms. The molecule has 0 radical (unpaired) electrons. The molecule has 0 bridgehead atoms. The highest BCUT2D eigenvalue weighted by molar-refractivity contribution is 8.00. The highest BCUT2D eigenvalue weighted by Gasteiger charge is 2.15. The maximum Gasteiger partial charge on any atom is 0.0354 e. The maximum atomic E-state index is 5.88. The van der Waals surface area contributed by atoms with Crippen LogP contribution in [0, 0.1) is 6.92 Å². The minimum Gasteiger partial charge on any atom is -0.398 e. The minimum atomic E-state index is 0.831. The Morgan fingerprint density at radius 1 is 1.29 bits per heavy atom. The molecule has 1 aromatic carbocycles. The number of anilines is 1. The maximum absolute atomic E-state index is 5.88. The summed E-state index contributed by atoms with van der Waals surface area (Å²) in [6, 6.07) is 6.42. The van der Waals surface area contributed by atoms with Crippen LogP contribution in [-0.2, 0) is 0 Å². The molecule has 1 aromatic rings. The number of hydrogen-bond donors (Lipinski definition) is 1. The van der Waals surface area contributed by atoms with Crippen molar-refractivity contribution in [2.45, 2.75) is 42.8 Å². The number of nitrogen functional groups attached to an aromatic ring is 1. The van der Waals surface area contributed by atoms with Crippen LogP contribution in [0.25, 0.3) is 0 Å². The molecule has 2 N–H and O–H groups in total. The van der Waals surface area contributed by atoms with Gasteiger partial charge in [0.2, 0.25) is 0 Å². The van der Waals surface area contributed by atoms with E-state index < -0.39 is 0 Å². The summed E-state index contributed by atoms with van der Waals surface area (Å²) in [5, 5.41) is 0.831. The predicted octanol–water partition coefficient (Wildman–Crippen LogP) is 3.61. The van der Waals surface area contributed by atoms with Crippen molar-refractivity contribution in [3.8, 4) is 0 Å². The number of aryl methyl sites for hydroxylation is 1. The highest BCUT2D eigenvalue weighted by Crippen LogP contribution is 2.35. The summed E-state index contributed by atoms with van der Waals surface area (Å²) >= 11 is 1.99. The predicted molar refractivity (Wildman–Crippen MR) is 63.7 cm³/mol. The minimum absolute atomic E-state index is 0.831. The molecule has 1 aliphatic rings. The van der Waals surface area contributed by atoms with E-state index >= 15 is 0 Å². The van der Waals surface area contributed by atoms with Gasteiger partial charge in [-0.25, -0.2) is 0 Å². The highest BCUT2D eigenvalue weighted by atomic mass is 32.2. The zero-order chi connectivity index (χ0) is 9.97. The van der Waals surface area contributed by atoms with Gasteiger partial charge in [-0.3, -0.25) is 0 Å². The van der Waals surface area contributed by atoms with E-state index in [1.807, 2.05) is 11.8 Å². The van der Waals surface area contributed by atoms with Crippen molar-refractivity contribution in [2.75, 3.05) is 5.73 Å². The fourth-order valence-electron chi connectivity index (χ4n) is 1.89. The first-order chi connectivity index (χ1) is 6.75. The third kappa shape index (κ3) is 2.24. The number of nitrogens with two attached hydrogens (primary N) is 1. The summed E-state index contributed by atoms with van der Waals surface area (Å²) in [6.07, 6.45) is 5.55. The van der Waals surface area contributed by atoms with Crippen LogP contribution in [-0.4, -0.2) is 5.25 Å². The Bertz CT molecular complexity index is 316. The lowest BCUT2D eigenvalue weighted by atomic mass is 10.2. The lowest BCUT2D eigenvalue weighted by molar-refractivity contribution is 0.886. The van der Waals surface area contributed by atoms with E-state index in [1.165, 1.54) is 36.1 Å². The third-order valence-corrected chi connectivity index (χ3v) is 4.19. The number of rotatable bonds is 2. The summed E-state index contributed by atoms with van der Waals surface area (Å²) < 4.78 is 0. The van der Waals surface area contributed by atoms with Crippen LogP contribution in [0.1, 0.15) is 31.2 Å². The van der Waals surface area contributed by atoms with Crippen LogP contribution in [0.15, 0.2) is 23.1 Å². The smallest absolute Gasteiger partial charge is 0.0354 e. The normalized spacial score (nSPS) is 17.5. The Labute approximate surface area is 90.1 Å². The second kappa shape index (κ2) is 4.26. The third-order valence-electron chi connectivity index (χ3n) is 2.86. The van der Waals surface area contributed by atoms with Crippen LogP contribution in [0.2, 0.25) is 0 Å². The standard InChI is InChI=1S/C12H17NS/c1-9-6-7-11(8-12(9)13)14-10-4-2-3-5-10/h6-8,10H,2-5,13H2,1H3. The fourth-order valence-corrected chi connectivity index (χ4v) is 3.19. The van der Waals surface area contributed by atoms with Crippen molar-refractivity contribution >= 4 is 17.4 Å². The van der Waals surface area contributed by atoms with Crippen molar-refractivity contribution in [2.24, 2.45) is 0 Å². The van der Waals surface area contributed by atoms with Gasteiger partial charge >= 0.3 is 0 Å². The first kappa shape index (κ1) is 9.91. The molecule has 1 aliphatic carbocycles. The summed E-state index contributed by atoms with van der Waals surface area (Å²) in [6.45, 7) is 2.05. The fraction of sp³-hybridized carbons (Fsp3) is 0.500. The Morgan fingerprint density at radius 3 is 2.64 bits per heavy atom. The first-order valence-electron chi connectivity index (χ1n) is 5.28. The molecule has 0 amide bonds. The van der Waals surface area contributed by atoms with E-state index in [-0.39, 0.29) is 0 Å². The SMILES string of the molecule is Cc1ccc(SC2CCCC2)cc1N.